The molecule has 136 valence electrons. The highest BCUT2D eigenvalue weighted by molar-refractivity contribution is 5.85. The largest absolute Gasteiger partial charge is 0.508 e. The molecule has 0 saturated carbocycles. The average molecular weight is 364 g/mol. The molecule has 3 rings (SSSR count). The summed E-state index contributed by atoms with van der Waals surface area (Å²) in [6.07, 6.45) is 2.37. The Hall–Kier alpha value is -1.75. The van der Waals surface area contributed by atoms with Gasteiger partial charge in [-0.1, -0.05) is 24.3 Å². The first kappa shape index (κ1) is 19.6. The van der Waals surface area contributed by atoms with Crippen LogP contribution >= 0.6 is 12.4 Å². The van der Waals surface area contributed by atoms with Gasteiger partial charge in [0.2, 0.25) is 0 Å². The number of rotatable bonds is 6. The predicted octanol–water partition coefficient (Wildman–Crippen LogP) is 3.01. The summed E-state index contributed by atoms with van der Waals surface area (Å²) < 4.78 is 5.69. The van der Waals surface area contributed by atoms with Gasteiger partial charge in [0.05, 0.1) is 0 Å². The van der Waals surface area contributed by atoms with E-state index in [9.17, 15) is 10.2 Å². The topological polar surface area (TPSA) is 61.7 Å². The van der Waals surface area contributed by atoms with E-state index in [1.165, 1.54) is 11.1 Å². The third-order valence-electron chi connectivity index (χ3n) is 4.59. The van der Waals surface area contributed by atoms with E-state index >= 15 is 0 Å². The lowest BCUT2D eigenvalue weighted by Crippen LogP contribution is -2.40. The standard InChI is InChI=1S/C20H25NO3.ClH/c1-14-4-2-3-5-20(14)24-13-19(23)12-21-17-8-6-16-11-18(22)9-7-15(16)10-17;/h2-5,7,9,11,17,19,21-23H,6,8,10,12-13H2,1H3;1H. The average Bonchev–Trinajstić information content (AvgIpc) is 2.59. The van der Waals surface area contributed by atoms with Crippen molar-refractivity contribution in [1.29, 1.82) is 0 Å². The van der Waals surface area contributed by atoms with Crippen LogP contribution in [0.3, 0.4) is 0 Å². The lowest BCUT2D eigenvalue weighted by atomic mass is 9.88. The van der Waals surface area contributed by atoms with E-state index in [0.29, 0.717) is 18.3 Å². The third kappa shape index (κ3) is 5.36. The van der Waals surface area contributed by atoms with Crippen molar-refractivity contribution in [2.24, 2.45) is 0 Å². The van der Waals surface area contributed by atoms with Gasteiger partial charge in [0.25, 0.3) is 0 Å². The Kier molecular flexibility index (Phi) is 7.12. The van der Waals surface area contributed by atoms with Gasteiger partial charge < -0.3 is 20.3 Å². The maximum Gasteiger partial charge on any atom is 0.122 e. The third-order valence-corrected chi connectivity index (χ3v) is 4.59. The van der Waals surface area contributed by atoms with Gasteiger partial charge in [0, 0.05) is 12.6 Å². The summed E-state index contributed by atoms with van der Waals surface area (Å²) in [5.74, 6) is 1.16. The van der Waals surface area contributed by atoms with Crippen molar-refractivity contribution < 1.29 is 14.9 Å². The SMILES string of the molecule is Cc1ccccc1OCC(O)CNC1CCc2cc(O)ccc2C1.Cl. The van der Waals surface area contributed by atoms with Gasteiger partial charge >= 0.3 is 0 Å². The van der Waals surface area contributed by atoms with Gasteiger partial charge in [-0.2, -0.15) is 0 Å². The molecule has 0 bridgehead atoms. The molecular formula is C20H26ClNO3. The zero-order chi connectivity index (χ0) is 16.9. The Morgan fingerprint density at radius 1 is 1.20 bits per heavy atom. The molecule has 1 aliphatic carbocycles. The van der Waals surface area contributed by atoms with Crippen molar-refractivity contribution in [3.63, 3.8) is 0 Å². The number of nitrogens with one attached hydrogen (secondary N) is 1. The summed E-state index contributed by atoms with van der Waals surface area (Å²) in [6.45, 7) is 2.80. The molecule has 2 atom stereocenters. The minimum absolute atomic E-state index is 0. The fourth-order valence-corrected chi connectivity index (χ4v) is 3.18. The molecule has 25 heavy (non-hydrogen) atoms. The zero-order valence-corrected chi connectivity index (χ0v) is 15.3. The first-order valence-corrected chi connectivity index (χ1v) is 8.52. The molecule has 2 unspecified atom stereocenters. The van der Waals surface area contributed by atoms with Crippen molar-refractivity contribution in [3.05, 3.63) is 59.2 Å². The highest BCUT2D eigenvalue weighted by Gasteiger charge is 2.19. The minimum atomic E-state index is -0.536. The quantitative estimate of drug-likeness (QED) is 0.738. The lowest BCUT2D eigenvalue weighted by Gasteiger charge is -2.26. The fourth-order valence-electron chi connectivity index (χ4n) is 3.18. The van der Waals surface area contributed by atoms with E-state index in [1.807, 2.05) is 43.3 Å². The van der Waals surface area contributed by atoms with E-state index in [0.717, 1.165) is 30.6 Å². The van der Waals surface area contributed by atoms with Crippen LogP contribution in [0.15, 0.2) is 42.5 Å². The summed E-state index contributed by atoms with van der Waals surface area (Å²) in [4.78, 5) is 0. The number of hydrogen-bond acceptors (Lipinski definition) is 4. The van der Waals surface area contributed by atoms with Crippen molar-refractivity contribution in [1.82, 2.24) is 5.32 Å². The number of phenols is 1. The van der Waals surface area contributed by atoms with Crippen LogP contribution in [0, 0.1) is 6.92 Å². The lowest BCUT2D eigenvalue weighted by molar-refractivity contribution is 0.102. The van der Waals surface area contributed by atoms with Crippen molar-refractivity contribution >= 4 is 12.4 Å². The molecule has 2 aromatic rings. The van der Waals surface area contributed by atoms with E-state index < -0.39 is 6.10 Å². The van der Waals surface area contributed by atoms with Crippen LogP contribution in [-0.4, -0.2) is 35.5 Å². The second-order valence-corrected chi connectivity index (χ2v) is 6.53. The number of aryl methyl sites for hydroxylation is 2. The Balaban J connectivity index is 0.00000225. The van der Waals surface area contributed by atoms with E-state index in [-0.39, 0.29) is 19.0 Å². The van der Waals surface area contributed by atoms with Crippen LogP contribution < -0.4 is 10.1 Å². The van der Waals surface area contributed by atoms with Crippen LogP contribution in [0.4, 0.5) is 0 Å². The summed E-state index contributed by atoms with van der Waals surface area (Å²) in [5.41, 5.74) is 3.59. The number of ether oxygens (including phenoxy) is 1. The zero-order valence-electron chi connectivity index (χ0n) is 14.4. The summed E-state index contributed by atoms with van der Waals surface area (Å²) >= 11 is 0. The summed E-state index contributed by atoms with van der Waals surface area (Å²) in [6, 6.07) is 13.8. The maximum absolute atomic E-state index is 10.1. The van der Waals surface area contributed by atoms with Crippen molar-refractivity contribution in [2.75, 3.05) is 13.2 Å². The van der Waals surface area contributed by atoms with Gasteiger partial charge in [0.15, 0.2) is 0 Å². The Morgan fingerprint density at radius 3 is 2.80 bits per heavy atom. The maximum atomic E-state index is 10.1. The van der Waals surface area contributed by atoms with Crippen LogP contribution in [0.25, 0.3) is 0 Å². The summed E-state index contributed by atoms with van der Waals surface area (Å²) in [5, 5.41) is 23.1. The number of phenolic OH excluding ortho intramolecular Hbond substituents is 1. The predicted molar refractivity (Wildman–Crippen MR) is 102 cm³/mol. The molecule has 5 heteroatoms. The van der Waals surface area contributed by atoms with Gasteiger partial charge in [-0.05, 0) is 61.1 Å². The monoisotopic (exact) mass is 363 g/mol. The number of aromatic hydroxyl groups is 1. The molecule has 0 radical (unpaired) electrons. The molecule has 2 aromatic carbocycles. The molecule has 0 fully saturated rings. The van der Waals surface area contributed by atoms with E-state index in [2.05, 4.69) is 5.32 Å². The molecular weight excluding hydrogens is 338 g/mol. The van der Waals surface area contributed by atoms with Crippen LogP contribution in [0.5, 0.6) is 11.5 Å². The van der Waals surface area contributed by atoms with E-state index in [4.69, 9.17) is 4.74 Å². The molecule has 3 N–H and O–H groups in total. The molecule has 0 aromatic heterocycles. The van der Waals surface area contributed by atoms with Crippen LogP contribution in [0.1, 0.15) is 23.1 Å². The Bertz CT molecular complexity index is 692. The number of halogens is 1. The fraction of sp³-hybridized carbons (Fsp3) is 0.400. The molecule has 0 amide bonds. The van der Waals surface area contributed by atoms with Crippen LogP contribution in [-0.2, 0) is 12.8 Å². The molecule has 0 spiro atoms. The smallest absolute Gasteiger partial charge is 0.122 e. The van der Waals surface area contributed by atoms with Gasteiger partial charge in [-0.3, -0.25) is 0 Å². The van der Waals surface area contributed by atoms with Gasteiger partial charge in [0.1, 0.15) is 24.2 Å². The first-order chi connectivity index (χ1) is 11.6. The van der Waals surface area contributed by atoms with Crippen LogP contribution in [0.2, 0.25) is 0 Å². The first-order valence-electron chi connectivity index (χ1n) is 8.52. The number of hydrogen-bond donors (Lipinski definition) is 3. The Morgan fingerprint density at radius 2 is 2.00 bits per heavy atom. The number of benzene rings is 2. The molecule has 4 nitrogen and oxygen atoms in total. The Labute approximate surface area is 155 Å². The second kappa shape index (κ2) is 9.09. The number of fused-ring (bicyclic) bond motifs is 1. The normalized spacial score (nSPS) is 17.3. The number of aliphatic hydroxyl groups excluding tert-OH is 1. The second-order valence-electron chi connectivity index (χ2n) is 6.53. The van der Waals surface area contributed by atoms with Crippen molar-refractivity contribution in [3.8, 4) is 11.5 Å². The number of aliphatic hydroxyl groups is 1. The highest BCUT2D eigenvalue weighted by Crippen LogP contribution is 2.25. The van der Waals surface area contributed by atoms with Gasteiger partial charge in [-0.25, -0.2) is 0 Å². The summed E-state index contributed by atoms with van der Waals surface area (Å²) in [7, 11) is 0. The van der Waals surface area contributed by atoms with E-state index in [1.54, 1.807) is 6.07 Å². The highest BCUT2D eigenvalue weighted by atomic mass is 35.5. The molecule has 1 aliphatic rings. The van der Waals surface area contributed by atoms with Crippen molar-refractivity contribution in [2.45, 2.75) is 38.3 Å². The minimum Gasteiger partial charge on any atom is -0.508 e. The number of para-hydroxylation sites is 1. The molecule has 0 heterocycles. The van der Waals surface area contributed by atoms with Gasteiger partial charge in [-0.15, -0.1) is 12.4 Å². The molecule has 0 saturated heterocycles. The molecule has 0 aliphatic heterocycles.